The predicted octanol–water partition coefficient (Wildman–Crippen LogP) is 3.42. The number of carbonyl (C=O) groups is 1. The van der Waals surface area contributed by atoms with Crippen LogP contribution in [0.3, 0.4) is 0 Å². The molecule has 0 unspecified atom stereocenters. The quantitative estimate of drug-likeness (QED) is 0.941. The van der Waals surface area contributed by atoms with E-state index in [9.17, 15) is 4.79 Å². The molecule has 1 heterocycles. The van der Waals surface area contributed by atoms with Gasteiger partial charge in [0.25, 0.3) is 0 Å². The summed E-state index contributed by atoms with van der Waals surface area (Å²) in [5.41, 5.74) is 1.76. The zero-order valence-electron chi connectivity index (χ0n) is 9.18. The molecule has 1 aromatic heterocycles. The van der Waals surface area contributed by atoms with Crippen LogP contribution in [0.1, 0.15) is 6.42 Å². The van der Waals surface area contributed by atoms with Gasteiger partial charge in [-0.15, -0.1) is 0 Å². The Hall–Kier alpha value is -1.71. The summed E-state index contributed by atoms with van der Waals surface area (Å²) in [5, 5.41) is 11.5. The first kappa shape index (κ1) is 12.7. The van der Waals surface area contributed by atoms with Gasteiger partial charge in [-0.25, -0.2) is 4.98 Å². The lowest BCUT2D eigenvalue weighted by Gasteiger charge is -1.97. The summed E-state index contributed by atoms with van der Waals surface area (Å²) in [6.07, 6.45) is -0.169. The third kappa shape index (κ3) is 2.94. The molecule has 0 saturated carbocycles. The molecule has 0 aliphatic heterocycles. The van der Waals surface area contributed by atoms with Crippen molar-refractivity contribution in [2.75, 3.05) is 5.32 Å². The maximum atomic E-state index is 11.3. The highest BCUT2D eigenvalue weighted by molar-refractivity contribution is 9.11. The maximum Gasteiger partial charge on any atom is 0.240 e. The Balaban J connectivity index is 2.23. The molecular formula is C12H8BrN3OS. The average molecular weight is 322 g/mol. The van der Waals surface area contributed by atoms with Crippen LogP contribution in [0.15, 0.2) is 34.1 Å². The van der Waals surface area contributed by atoms with E-state index in [1.807, 2.05) is 30.3 Å². The summed E-state index contributed by atoms with van der Waals surface area (Å²) in [6.45, 7) is 0. The van der Waals surface area contributed by atoms with Gasteiger partial charge in [-0.2, -0.15) is 5.26 Å². The van der Waals surface area contributed by atoms with Gasteiger partial charge in [-0.1, -0.05) is 41.7 Å². The lowest BCUT2D eigenvalue weighted by molar-refractivity contribution is -0.115. The third-order valence-electron chi connectivity index (χ3n) is 2.12. The normalized spacial score (nSPS) is 9.78. The van der Waals surface area contributed by atoms with Gasteiger partial charge >= 0.3 is 0 Å². The molecule has 2 aromatic rings. The number of halogens is 1. The zero-order chi connectivity index (χ0) is 13.0. The van der Waals surface area contributed by atoms with Crippen molar-refractivity contribution in [1.29, 1.82) is 5.26 Å². The van der Waals surface area contributed by atoms with E-state index in [0.717, 1.165) is 15.0 Å². The smallest absolute Gasteiger partial charge is 0.240 e. The van der Waals surface area contributed by atoms with Crippen LogP contribution in [0.2, 0.25) is 0 Å². The van der Waals surface area contributed by atoms with E-state index < -0.39 is 0 Å². The second-order valence-electron chi connectivity index (χ2n) is 3.39. The van der Waals surface area contributed by atoms with E-state index in [2.05, 4.69) is 26.2 Å². The molecule has 0 bridgehead atoms. The first-order valence-electron chi connectivity index (χ1n) is 5.09. The van der Waals surface area contributed by atoms with Crippen molar-refractivity contribution >= 4 is 38.3 Å². The Bertz CT molecular complexity index is 604. The molecule has 2 rings (SSSR count). The van der Waals surface area contributed by atoms with Gasteiger partial charge in [0.2, 0.25) is 5.91 Å². The first-order chi connectivity index (χ1) is 8.70. The van der Waals surface area contributed by atoms with Crippen molar-refractivity contribution in [3.8, 4) is 17.3 Å². The number of hydrogen-bond donors (Lipinski definition) is 1. The van der Waals surface area contributed by atoms with E-state index in [0.29, 0.717) is 5.13 Å². The van der Waals surface area contributed by atoms with Gasteiger partial charge in [0.1, 0.15) is 6.42 Å². The van der Waals surface area contributed by atoms with E-state index in [1.54, 1.807) is 6.07 Å². The summed E-state index contributed by atoms with van der Waals surface area (Å²) in [6, 6.07) is 11.5. The van der Waals surface area contributed by atoms with Crippen molar-refractivity contribution < 1.29 is 4.79 Å². The lowest BCUT2D eigenvalue weighted by Crippen LogP contribution is -2.09. The molecular weight excluding hydrogens is 314 g/mol. The van der Waals surface area contributed by atoms with Crippen LogP contribution in [0.5, 0.6) is 0 Å². The van der Waals surface area contributed by atoms with Crippen LogP contribution in [0.4, 0.5) is 5.13 Å². The standard InChI is InChI=1S/C12H8BrN3OS/c13-11-10(8-4-2-1-3-5-8)16-12(18-11)15-9(17)6-7-14/h1-5H,6H2,(H,15,16,17). The van der Waals surface area contributed by atoms with Crippen LogP contribution >= 0.6 is 27.3 Å². The van der Waals surface area contributed by atoms with Gasteiger partial charge in [0.05, 0.1) is 15.5 Å². The lowest BCUT2D eigenvalue weighted by atomic mass is 10.2. The monoisotopic (exact) mass is 321 g/mol. The minimum absolute atomic E-state index is 0.169. The molecule has 90 valence electrons. The Kier molecular flexibility index (Phi) is 4.07. The second kappa shape index (κ2) is 5.76. The number of nitriles is 1. The van der Waals surface area contributed by atoms with E-state index >= 15 is 0 Å². The average Bonchev–Trinajstić information content (AvgIpc) is 2.71. The highest BCUT2D eigenvalue weighted by Gasteiger charge is 2.12. The molecule has 1 amide bonds. The molecule has 6 heteroatoms. The molecule has 1 N–H and O–H groups in total. The molecule has 1 aromatic carbocycles. The van der Waals surface area contributed by atoms with Gasteiger partial charge in [0.15, 0.2) is 5.13 Å². The van der Waals surface area contributed by atoms with Crippen molar-refractivity contribution in [1.82, 2.24) is 4.98 Å². The molecule has 0 atom stereocenters. The van der Waals surface area contributed by atoms with E-state index in [-0.39, 0.29) is 12.3 Å². The number of anilines is 1. The highest BCUT2D eigenvalue weighted by Crippen LogP contribution is 2.35. The maximum absolute atomic E-state index is 11.3. The van der Waals surface area contributed by atoms with E-state index in [1.165, 1.54) is 11.3 Å². The SMILES string of the molecule is N#CCC(=O)Nc1nc(-c2ccccc2)c(Br)s1. The summed E-state index contributed by atoms with van der Waals surface area (Å²) < 4.78 is 0.848. The summed E-state index contributed by atoms with van der Waals surface area (Å²) in [4.78, 5) is 15.6. The van der Waals surface area contributed by atoms with Crippen LogP contribution in [-0.4, -0.2) is 10.9 Å². The van der Waals surface area contributed by atoms with Crippen molar-refractivity contribution in [2.45, 2.75) is 6.42 Å². The molecule has 4 nitrogen and oxygen atoms in total. The van der Waals surface area contributed by atoms with Crippen molar-refractivity contribution in [2.24, 2.45) is 0 Å². The number of thiazole rings is 1. The fraction of sp³-hybridized carbons (Fsp3) is 0.0833. The minimum atomic E-state index is -0.349. The Morgan fingerprint density at radius 2 is 2.17 bits per heavy atom. The zero-order valence-corrected chi connectivity index (χ0v) is 11.6. The van der Waals surface area contributed by atoms with Crippen molar-refractivity contribution in [3.63, 3.8) is 0 Å². The van der Waals surface area contributed by atoms with Crippen molar-refractivity contribution in [3.05, 3.63) is 34.1 Å². The second-order valence-corrected chi connectivity index (χ2v) is 5.71. The fourth-order valence-electron chi connectivity index (χ4n) is 1.36. The third-order valence-corrected chi connectivity index (χ3v) is 3.74. The van der Waals surface area contributed by atoms with Gasteiger partial charge in [-0.05, 0) is 15.9 Å². The Labute approximate surface area is 116 Å². The number of rotatable bonds is 3. The minimum Gasteiger partial charge on any atom is -0.301 e. The highest BCUT2D eigenvalue weighted by atomic mass is 79.9. The Morgan fingerprint density at radius 3 is 2.83 bits per heavy atom. The van der Waals surface area contributed by atoms with Crippen LogP contribution in [0, 0.1) is 11.3 Å². The molecule has 0 fully saturated rings. The number of nitrogens with one attached hydrogen (secondary N) is 1. The fourth-order valence-corrected chi connectivity index (χ4v) is 2.87. The number of aromatic nitrogens is 1. The number of hydrogen-bond acceptors (Lipinski definition) is 4. The number of amides is 1. The number of nitrogens with zero attached hydrogens (tertiary/aromatic N) is 2. The Morgan fingerprint density at radius 1 is 1.44 bits per heavy atom. The van der Waals surface area contributed by atoms with Gasteiger partial charge in [-0.3, -0.25) is 4.79 Å². The molecule has 0 radical (unpaired) electrons. The van der Waals surface area contributed by atoms with Crippen LogP contribution in [-0.2, 0) is 4.79 Å². The van der Waals surface area contributed by atoms with Crippen LogP contribution < -0.4 is 5.32 Å². The summed E-state index contributed by atoms with van der Waals surface area (Å²) >= 11 is 4.75. The van der Waals surface area contributed by atoms with Gasteiger partial charge < -0.3 is 5.32 Å². The van der Waals surface area contributed by atoms with Crippen LogP contribution in [0.25, 0.3) is 11.3 Å². The molecule has 0 aliphatic rings. The van der Waals surface area contributed by atoms with E-state index in [4.69, 9.17) is 5.26 Å². The topological polar surface area (TPSA) is 65.8 Å². The van der Waals surface area contributed by atoms with Gasteiger partial charge in [0, 0.05) is 5.56 Å². The predicted molar refractivity (Wildman–Crippen MR) is 74.1 cm³/mol. The summed E-state index contributed by atoms with van der Waals surface area (Å²) in [5.74, 6) is -0.349. The largest absolute Gasteiger partial charge is 0.301 e. The molecule has 18 heavy (non-hydrogen) atoms. The number of carbonyl (C=O) groups excluding carboxylic acids is 1. The molecule has 0 saturated heterocycles. The first-order valence-corrected chi connectivity index (χ1v) is 6.70. The molecule has 0 spiro atoms. The molecule has 0 aliphatic carbocycles. The summed E-state index contributed by atoms with van der Waals surface area (Å²) in [7, 11) is 0. The number of benzene rings is 1.